The van der Waals surface area contributed by atoms with Crippen LogP contribution in [0.25, 0.3) is 11.3 Å². The Balaban J connectivity index is 1.94. The van der Waals surface area contributed by atoms with Crippen molar-refractivity contribution in [2.24, 2.45) is 0 Å². The quantitative estimate of drug-likeness (QED) is 0.825. The fourth-order valence-electron chi connectivity index (χ4n) is 3.42. The molecule has 28 heavy (non-hydrogen) atoms. The number of rotatable bonds is 5. The van der Waals surface area contributed by atoms with Gasteiger partial charge in [-0.3, -0.25) is 14.8 Å². The Kier molecular flexibility index (Phi) is 6.07. The normalized spacial score (nSPS) is 18.2. The van der Waals surface area contributed by atoms with Gasteiger partial charge in [-0.2, -0.15) is 17.0 Å². The molecule has 0 spiro atoms. The molecule has 0 bridgehead atoms. The minimum atomic E-state index is -3.47. The maximum Gasteiger partial charge on any atom is 0.281 e. The van der Waals surface area contributed by atoms with E-state index in [1.165, 1.54) is 15.5 Å². The molecule has 2 aromatic rings. The smallest absolute Gasteiger partial charge is 0.281 e. The molecule has 9 heteroatoms. The largest absolute Gasteiger partial charge is 0.326 e. The van der Waals surface area contributed by atoms with Crippen molar-refractivity contribution in [2.45, 2.75) is 25.7 Å². The fourth-order valence-corrected chi connectivity index (χ4v) is 4.61. The summed E-state index contributed by atoms with van der Waals surface area (Å²) in [6.45, 7) is 2.34. The van der Waals surface area contributed by atoms with Crippen molar-refractivity contribution in [1.82, 2.24) is 18.6 Å². The van der Waals surface area contributed by atoms with E-state index in [0.29, 0.717) is 24.5 Å². The second-order valence-electron chi connectivity index (χ2n) is 7.04. The molecule has 1 aromatic heterocycles. The highest BCUT2D eigenvalue weighted by Crippen LogP contribution is 2.33. The summed E-state index contributed by atoms with van der Waals surface area (Å²) in [7, 11) is -0.384. The third-order valence-corrected chi connectivity index (χ3v) is 6.65. The van der Waals surface area contributed by atoms with Gasteiger partial charge >= 0.3 is 0 Å². The van der Waals surface area contributed by atoms with Gasteiger partial charge in [-0.05, 0) is 25.0 Å². The second-order valence-corrected chi connectivity index (χ2v) is 9.18. The highest BCUT2D eigenvalue weighted by molar-refractivity contribution is 7.86. The van der Waals surface area contributed by atoms with Crippen molar-refractivity contribution < 1.29 is 13.2 Å². The first-order valence-electron chi connectivity index (χ1n) is 9.15. The van der Waals surface area contributed by atoms with Crippen LogP contribution < -0.4 is 5.32 Å². The number of nitrogens with one attached hydrogen (secondary N) is 1. The standard InChI is InChI=1S/C19H25N5O3S/c1-14(25)22-17-8-4-6-15(12-17)18-19(21-10-9-20-18)16-7-5-11-24(13-16)28(26,27)23(2)3/h4,6,8-10,12,16H,5,7,11,13H2,1-3H3,(H,22,25). The summed E-state index contributed by atoms with van der Waals surface area (Å²) in [6.07, 6.45) is 4.87. The topological polar surface area (TPSA) is 95.5 Å². The van der Waals surface area contributed by atoms with Crippen LogP contribution in [0, 0.1) is 0 Å². The number of piperidine rings is 1. The summed E-state index contributed by atoms with van der Waals surface area (Å²) in [6, 6.07) is 7.43. The van der Waals surface area contributed by atoms with Gasteiger partial charge in [0.25, 0.3) is 10.2 Å². The van der Waals surface area contributed by atoms with Gasteiger partial charge in [0.1, 0.15) is 0 Å². The van der Waals surface area contributed by atoms with E-state index < -0.39 is 10.2 Å². The molecule has 0 radical (unpaired) electrons. The van der Waals surface area contributed by atoms with Crippen molar-refractivity contribution >= 4 is 21.8 Å². The van der Waals surface area contributed by atoms with E-state index in [1.807, 2.05) is 24.3 Å². The first-order valence-corrected chi connectivity index (χ1v) is 10.5. The predicted octanol–water partition coefficient (Wildman–Crippen LogP) is 2.09. The summed E-state index contributed by atoms with van der Waals surface area (Å²) >= 11 is 0. The maximum atomic E-state index is 12.5. The van der Waals surface area contributed by atoms with Crippen LogP contribution >= 0.6 is 0 Å². The summed E-state index contributed by atoms with van der Waals surface area (Å²) in [5.74, 6) is -0.190. The minimum absolute atomic E-state index is 0.0448. The number of nitrogens with zero attached hydrogens (tertiary/aromatic N) is 4. The Labute approximate surface area is 165 Å². The summed E-state index contributed by atoms with van der Waals surface area (Å²) in [4.78, 5) is 20.4. The third-order valence-electron chi connectivity index (χ3n) is 4.74. The highest BCUT2D eigenvalue weighted by Gasteiger charge is 2.32. The molecule has 0 aliphatic carbocycles. The van der Waals surface area contributed by atoms with Crippen LogP contribution in [-0.4, -0.2) is 60.1 Å². The molecule has 8 nitrogen and oxygen atoms in total. The Morgan fingerprint density at radius 1 is 1.25 bits per heavy atom. The zero-order chi connectivity index (χ0) is 20.3. The van der Waals surface area contributed by atoms with E-state index in [0.717, 1.165) is 24.1 Å². The zero-order valence-electron chi connectivity index (χ0n) is 16.3. The molecule has 3 rings (SSSR count). The van der Waals surface area contributed by atoms with Gasteiger partial charge in [-0.15, -0.1) is 0 Å². The molecule has 2 heterocycles. The van der Waals surface area contributed by atoms with Crippen LogP contribution in [0.3, 0.4) is 0 Å². The van der Waals surface area contributed by atoms with Gasteiger partial charge < -0.3 is 5.32 Å². The molecule has 1 aromatic carbocycles. The number of benzene rings is 1. The molecule has 1 fully saturated rings. The monoisotopic (exact) mass is 403 g/mol. The molecular formula is C19H25N5O3S. The Morgan fingerprint density at radius 3 is 2.71 bits per heavy atom. The minimum Gasteiger partial charge on any atom is -0.326 e. The molecule has 1 unspecified atom stereocenters. The number of carbonyl (C=O) groups excluding carboxylic acids is 1. The van der Waals surface area contributed by atoms with E-state index in [2.05, 4.69) is 15.3 Å². The Morgan fingerprint density at radius 2 is 2.00 bits per heavy atom. The lowest BCUT2D eigenvalue weighted by Crippen LogP contribution is -2.45. The van der Waals surface area contributed by atoms with Crippen LogP contribution in [0.2, 0.25) is 0 Å². The first-order chi connectivity index (χ1) is 13.3. The van der Waals surface area contributed by atoms with Gasteiger partial charge in [0.15, 0.2) is 0 Å². The summed E-state index contributed by atoms with van der Waals surface area (Å²) < 4.78 is 27.8. The molecule has 0 saturated carbocycles. The first kappa shape index (κ1) is 20.4. The van der Waals surface area contributed by atoms with E-state index in [4.69, 9.17) is 0 Å². The SMILES string of the molecule is CC(=O)Nc1cccc(-c2nccnc2C2CCCN(S(=O)(=O)N(C)C)C2)c1. The van der Waals surface area contributed by atoms with Crippen LogP contribution in [0.15, 0.2) is 36.7 Å². The Bertz CT molecular complexity index is 962. The summed E-state index contributed by atoms with van der Waals surface area (Å²) in [5.41, 5.74) is 3.01. The van der Waals surface area contributed by atoms with Crippen LogP contribution in [-0.2, 0) is 15.0 Å². The number of aromatic nitrogens is 2. The van der Waals surface area contributed by atoms with Crippen molar-refractivity contribution in [3.63, 3.8) is 0 Å². The number of anilines is 1. The number of carbonyl (C=O) groups is 1. The third kappa shape index (κ3) is 4.37. The molecule has 1 atom stereocenters. The van der Waals surface area contributed by atoms with Gasteiger partial charge in [0.05, 0.1) is 11.4 Å². The molecule has 1 N–H and O–H groups in total. The van der Waals surface area contributed by atoms with Gasteiger partial charge in [0.2, 0.25) is 5.91 Å². The lowest BCUT2D eigenvalue weighted by atomic mass is 9.92. The number of amides is 1. The van der Waals surface area contributed by atoms with Gasteiger partial charge in [-0.25, -0.2) is 0 Å². The van der Waals surface area contributed by atoms with Crippen LogP contribution in [0.5, 0.6) is 0 Å². The van der Waals surface area contributed by atoms with Gasteiger partial charge in [0, 0.05) is 63.7 Å². The molecular weight excluding hydrogens is 378 g/mol. The number of hydrogen-bond acceptors (Lipinski definition) is 5. The predicted molar refractivity (Wildman–Crippen MR) is 108 cm³/mol. The van der Waals surface area contributed by atoms with E-state index in [9.17, 15) is 13.2 Å². The number of hydrogen-bond donors (Lipinski definition) is 1. The average Bonchev–Trinajstić information content (AvgIpc) is 2.67. The van der Waals surface area contributed by atoms with E-state index in [1.54, 1.807) is 26.5 Å². The lowest BCUT2D eigenvalue weighted by molar-refractivity contribution is -0.114. The van der Waals surface area contributed by atoms with Crippen molar-refractivity contribution in [3.8, 4) is 11.3 Å². The Hall–Kier alpha value is -2.36. The van der Waals surface area contributed by atoms with Gasteiger partial charge in [-0.1, -0.05) is 12.1 Å². The molecule has 1 aliphatic rings. The lowest BCUT2D eigenvalue weighted by Gasteiger charge is -2.33. The van der Waals surface area contributed by atoms with Crippen molar-refractivity contribution in [2.75, 3.05) is 32.5 Å². The maximum absolute atomic E-state index is 12.5. The average molecular weight is 404 g/mol. The molecule has 1 saturated heterocycles. The van der Waals surface area contributed by atoms with Crippen molar-refractivity contribution in [1.29, 1.82) is 0 Å². The molecule has 1 aliphatic heterocycles. The van der Waals surface area contributed by atoms with Crippen LogP contribution in [0.1, 0.15) is 31.4 Å². The van der Waals surface area contributed by atoms with Crippen LogP contribution in [0.4, 0.5) is 5.69 Å². The van der Waals surface area contributed by atoms with Crippen molar-refractivity contribution in [3.05, 3.63) is 42.4 Å². The molecule has 150 valence electrons. The highest BCUT2D eigenvalue weighted by atomic mass is 32.2. The van der Waals surface area contributed by atoms with E-state index >= 15 is 0 Å². The fraction of sp³-hybridized carbons (Fsp3) is 0.421. The molecule has 1 amide bonds. The second kappa shape index (κ2) is 8.34. The summed E-state index contributed by atoms with van der Waals surface area (Å²) in [5, 5.41) is 2.77. The zero-order valence-corrected chi connectivity index (χ0v) is 17.1. The van der Waals surface area contributed by atoms with E-state index in [-0.39, 0.29) is 11.8 Å².